The number of nitrogens with zero attached hydrogens (tertiary/aromatic N) is 3. The lowest BCUT2D eigenvalue weighted by molar-refractivity contribution is -0.677. The number of aromatic nitrogens is 3. The largest absolute Gasteiger partial charge is 0.539 e. The van der Waals surface area contributed by atoms with E-state index in [1.165, 1.54) is 10.2 Å². The van der Waals surface area contributed by atoms with E-state index in [0.29, 0.717) is 11.4 Å². The second kappa shape index (κ2) is 6.64. The van der Waals surface area contributed by atoms with Gasteiger partial charge in [0.15, 0.2) is 11.1 Å². The van der Waals surface area contributed by atoms with Crippen LogP contribution >= 0.6 is 11.3 Å². The fourth-order valence-corrected chi connectivity index (χ4v) is 3.57. The van der Waals surface area contributed by atoms with Crippen molar-refractivity contribution in [3.05, 3.63) is 53.7 Å². The second-order valence-corrected chi connectivity index (χ2v) is 6.79. The van der Waals surface area contributed by atoms with Crippen molar-refractivity contribution >= 4 is 26.7 Å². The van der Waals surface area contributed by atoms with Gasteiger partial charge in [-0.05, 0) is 41.4 Å². The maximum absolute atomic E-state index is 12.0. The first kappa shape index (κ1) is 16.3. The number of hydrogen-bond donors (Lipinski definition) is 1. The molecule has 2 heterocycles. The Morgan fingerprint density at radius 3 is 2.81 bits per heavy atom. The number of hydrogen-bond acceptors (Lipinski definition) is 7. The summed E-state index contributed by atoms with van der Waals surface area (Å²) in [5.41, 5.74) is 3.23. The Labute approximate surface area is 153 Å². The summed E-state index contributed by atoms with van der Waals surface area (Å²) < 4.78 is 12.6. The molecule has 8 heteroatoms. The Bertz CT molecular complexity index is 1060. The molecule has 0 saturated heterocycles. The highest BCUT2D eigenvalue weighted by molar-refractivity contribution is 7.22. The number of ether oxygens (including phenoxy) is 1. The number of aryl methyl sites for hydroxylation is 1. The van der Waals surface area contributed by atoms with Crippen LogP contribution in [0.5, 0.6) is 11.7 Å². The van der Waals surface area contributed by atoms with Crippen molar-refractivity contribution in [2.75, 3.05) is 12.4 Å². The number of rotatable bonds is 5. The molecule has 0 unspecified atom stereocenters. The predicted molar refractivity (Wildman–Crippen MR) is 95.7 cm³/mol. The molecule has 0 bridgehead atoms. The van der Waals surface area contributed by atoms with Crippen LogP contribution in [0.3, 0.4) is 0 Å². The van der Waals surface area contributed by atoms with Crippen LogP contribution in [0.1, 0.15) is 11.3 Å². The number of methoxy groups -OCH3 is 1. The van der Waals surface area contributed by atoms with E-state index in [-0.39, 0.29) is 6.54 Å². The number of anilines is 1. The zero-order valence-corrected chi connectivity index (χ0v) is 15.0. The highest BCUT2D eigenvalue weighted by Crippen LogP contribution is 2.27. The van der Waals surface area contributed by atoms with Crippen LogP contribution in [0, 0.1) is 6.92 Å². The summed E-state index contributed by atoms with van der Waals surface area (Å²) in [7, 11) is 1.60. The molecule has 0 amide bonds. The molecule has 4 aromatic rings. The molecule has 0 atom stereocenters. The normalized spacial score (nSPS) is 11.0. The van der Waals surface area contributed by atoms with Gasteiger partial charge in [0, 0.05) is 12.1 Å². The molecule has 0 aliphatic rings. The number of fused-ring (bicyclic) bond motifs is 1. The van der Waals surface area contributed by atoms with Gasteiger partial charge in [0.05, 0.1) is 22.6 Å². The zero-order valence-electron chi connectivity index (χ0n) is 14.2. The van der Waals surface area contributed by atoms with E-state index in [9.17, 15) is 5.11 Å². The van der Waals surface area contributed by atoms with Crippen LogP contribution < -0.4 is 19.8 Å². The van der Waals surface area contributed by atoms with E-state index in [1.807, 2.05) is 31.2 Å². The third-order valence-electron chi connectivity index (χ3n) is 3.96. The van der Waals surface area contributed by atoms with Gasteiger partial charge in [0.2, 0.25) is 5.69 Å². The molecule has 0 spiro atoms. The van der Waals surface area contributed by atoms with Crippen molar-refractivity contribution in [3.8, 4) is 17.4 Å². The average Bonchev–Trinajstić information content (AvgIpc) is 3.22. The monoisotopic (exact) mass is 368 g/mol. The first-order valence-corrected chi connectivity index (χ1v) is 8.79. The fourth-order valence-electron chi connectivity index (χ4n) is 2.61. The van der Waals surface area contributed by atoms with Gasteiger partial charge in [-0.15, -0.1) is 0 Å². The lowest BCUT2D eigenvalue weighted by Gasteiger charge is -2.01. The topological polar surface area (TPSA) is 87.1 Å². The quantitative estimate of drug-likeness (QED) is 0.545. The van der Waals surface area contributed by atoms with Gasteiger partial charge in [-0.3, -0.25) is 0 Å². The maximum Gasteiger partial charge on any atom is 0.259 e. The summed E-state index contributed by atoms with van der Waals surface area (Å²) in [4.78, 5) is 4.54. The highest BCUT2D eigenvalue weighted by atomic mass is 32.1. The Kier molecular flexibility index (Phi) is 4.18. The molecule has 0 saturated carbocycles. The highest BCUT2D eigenvalue weighted by Gasteiger charge is 2.20. The first-order valence-electron chi connectivity index (χ1n) is 7.97. The molecule has 0 aliphatic heterocycles. The van der Waals surface area contributed by atoms with E-state index in [4.69, 9.17) is 9.26 Å². The summed E-state index contributed by atoms with van der Waals surface area (Å²) >= 11 is 1.54. The van der Waals surface area contributed by atoms with Crippen LogP contribution in [-0.4, -0.2) is 17.4 Å². The van der Waals surface area contributed by atoms with Gasteiger partial charge in [0.25, 0.3) is 5.69 Å². The van der Waals surface area contributed by atoms with Crippen molar-refractivity contribution in [3.63, 3.8) is 0 Å². The molecular weight excluding hydrogens is 352 g/mol. The molecule has 2 aromatic heterocycles. The summed E-state index contributed by atoms with van der Waals surface area (Å²) in [6, 6.07) is 13.3. The van der Waals surface area contributed by atoms with Crippen LogP contribution in [0.15, 0.2) is 47.0 Å². The third kappa shape index (κ3) is 3.06. The van der Waals surface area contributed by atoms with Crippen LogP contribution in [0.2, 0.25) is 0 Å². The second-order valence-electron chi connectivity index (χ2n) is 5.76. The minimum absolute atomic E-state index is 0.257. The standard InChI is InChI=1S/C18H16N4O3S/c1-11-3-8-14-16(9-11)26-18(20-14)19-10-15-17(23)25-21-22(15)12-4-6-13(24-2)7-5-12/h3-9H,10H2,1-2H3,(H-,19,20,21,23). The molecule has 0 aliphatic carbocycles. The van der Waals surface area contributed by atoms with E-state index < -0.39 is 5.95 Å². The van der Waals surface area contributed by atoms with Crippen LogP contribution in [0.25, 0.3) is 15.9 Å². The maximum atomic E-state index is 12.0. The Hall–Kier alpha value is -3.13. The summed E-state index contributed by atoms with van der Waals surface area (Å²) in [5.74, 6) is 0.245. The minimum atomic E-state index is -0.481. The van der Waals surface area contributed by atoms with E-state index in [2.05, 4.69) is 21.6 Å². The minimum Gasteiger partial charge on any atom is -0.539 e. The molecule has 2 aromatic carbocycles. The first-order chi connectivity index (χ1) is 12.6. The van der Waals surface area contributed by atoms with Gasteiger partial charge in [-0.2, -0.15) is 0 Å². The van der Waals surface area contributed by atoms with Crippen LogP contribution in [-0.2, 0) is 6.54 Å². The molecule has 26 heavy (non-hydrogen) atoms. The summed E-state index contributed by atoms with van der Waals surface area (Å²) in [5, 5.41) is 19.8. The predicted octanol–water partition coefficient (Wildman–Crippen LogP) is 2.56. The van der Waals surface area contributed by atoms with Gasteiger partial charge in [0.1, 0.15) is 12.3 Å². The van der Waals surface area contributed by atoms with Crippen molar-refractivity contribution in [1.82, 2.24) is 10.3 Å². The summed E-state index contributed by atoms with van der Waals surface area (Å²) in [6.07, 6.45) is 0. The number of thiazole rings is 1. The fraction of sp³-hybridized carbons (Fsp3) is 0.167. The SMILES string of the molecule is COc1ccc(-[n+]2noc([O-])c2CNc2nc3ccc(C)cc3s2)cc1. The lowest BCUT2D eigenvalue weighted by atomic mass is 10.2. The van der Waals surface area contributed by atoms with Gasteiger partial charge >= 0.3 is 0 Å². The van der Waals surface area contributed by atoms with Crippen molar-refractivity contribution in [2.45, 2.75) is 13.5 Å². The smallest absolute Gasteiger partial charge is 0.259 e. The Balaban J connectivity index is 1.58. The molecule has 0 fully saturated rings. The lowest BCUT2D eigenvalue weighted by Crippen LogP contribution is -2.37. The van der Waals surface area contributed by atoms with E-state index >= 15 is 0 Å². The molecule has 4 rings (SSSR count). The number of benzene rings is 2. The molecule has 1 N–H and O–H groups in total. The van der Waals surface area contributed by atoms with Crippen LogP contribution in [0.4, 0.5) is 5.13 Å². The van der Waals surface area contributed by atoms with Gasteiger partial charge < -0.3 is 19.7 Å². The summed E-state index contributed by atoms with van der Waals surface area (Å²) in [6.45, 7) is 2.30. The molecule has 0 radical (unpaired) electrons. The van der Waals surface area contributed by atoms with E-state index in [0.717, 1.165) is 21.1 Å². The van der Waals surface area contributed by atoms with Crippen molar-refractivity contribution in [2.24, 2.45) is 0 Å². The Morgan fingerprint density at radius 1 is 1.23 bits per heavy atom. The van der Waals surface area contributed by atoms with Gasteiger partial charge in [-0.25, -0.2) is 4.98 Å². The van der Waals surface area contributed by atoms with Crippen molar-refractivity contribution in [1.29, 1.82) is 0 Å². The number of nitrogens with one attached hydrogen (secondary N) is 1. The van der Waals surface area contributed by atoms with E-state index in [1.54, 1.807) is 30.6 Å². The third-order valence-corrected chi connectivity index (χ3v) is 4.94. The van der Waals surface area contributed by atoms with Gasteiger partial charge in [-0.1, -0.05) is 17.4 Å². The Morgan fingerprint density at radius 2 is 2.04 bits per heavy atom. The molecule has 7 nitrogen and oxygen atoms in total. The van der Waals surface area contributed by atoms with Crippen molar-refractivity contribution < 1.29 is 19.0 Å². The average molecular weight is 368 g/mol. The molecule has 132 valence electrons. The zero-order chi connectivity index (χ0) is 18.1. The molecular formula is C18H16N4O3S.